The molecular formula is C26H19N. The molecule has 5 aromatic rings. The van der Waals surface area contributed by atoms with E-state index in [1.54, 1.807) is 0 Å². The Labute approximate surface area is 158 Å². The lowest BCUT2D eigenvalue weighted by atomic mass is 9.90. The fraction of sp³-hybridized carbons (Fsp3) is 0. The first-order valence-corrected chi connectivity index (χ1v) is 9.23. The molecule has 0 saturated carbocycles. The third kappa shape index (κ3) is 2.74. The van der Waals surface area contributed by atoms with Gasteiger partial charge in [-0.15, -0.1) is 0 Å². The third-order valence-electron chi connectivity index (χ3n) is 5.04. The lowest BCUT2D eigenvalue weighted by Gasteiger charge is -2.18. The number of benzene rings is 5. The molecule has 0 amide bonds. The van der Waals surface area contributed by atoms with Crippen molar-refractivity contribution in [1.29, 1.82) is 0 Å². The second-order valence-electron chi connectivity index (χ2n) is 6.70. The molecule has 27 heavy (non-hydrogen) atoms. The van der Waals surface area contributed by atoms with Gasteiger partial charge >= 0.3 is 0 Å². The van der Waals surface area contributed by atoms with Gasteiger partial charge in [-0.1, -0.05) is 97.1 Å². The quantitative estimate of drug-likeness (QED) is 0.336. The summed E-state index contributed by atoms with van der Waals surface area (Å²) in [6.45, 7) is 0. The van der Waals surface area contributed by atoms with Crippen LogP contribution in [0.2, 0.25) is 0 Å². The Hall–Kier alpha value is -3.58. The van der Waals surface area contributed by atoms with Gasteiger partial charge in [0, 0.05) is 16.5 Å². The lowest BCUT2D eigenvalue weighted by molar-refractivity contribution is 1.59. The number of fused-ring (bicyclic) bond motifs is 2. The van der Waals surface area contributed by atoms with Gasteiger partial charge in [-0.25, -0.2) is 0 Å². The molecule has 0 spiro atoms. The Bertz CT molecular complexity index is 1170. The highest BCUT2D eigenvalue weighted by Gasteiger charge is 2.14. The van der Waals surface area contributed by atoms with Crippen LogP contribution in [-0.2, 0) is 0 Å². The van der Waals surface area contributed by atoms with Crippen LogP contribution in [0, 0.1) is 0 Å². The van der Waals surface area contributed by atoms with E-state index in [2.05, 4.69) is 108 Å². The largest absolute Gasteiger partial charge is 0.355 e. The summed E-state index contributed by atoms with van der Waals surface area (Å²) in [7, 11) is 0. The summed E-state index contributed by atoms with van der Waals surface area (Å²) in [5.41, 5.74) is 4.80. The zero-order chi connectivity index (χ0) is 18.1. The van der Waals surface area contributed by atoms with E-state index in [0.29, 0.717) is 0 Å². The van der Waals surface area contributed by atoms with Crippen molar-refractivity contribution >= 4 is 32.9 Å². The molecule has 0 aliphatic rings. The molecule has 128 valence electrons. The summed E-state index contributed by atoms with van der Waals surface area (Å²) in [6.07, 6.45) is 0. The van der Waals surface area contributed by atoms with Gasteiger partial charge in [0.25, 0.3) is 0 Å². The maximum atomic E-state index is 3.67. The van der Waals surface area contributed by atoms with E-state index >= 15 is 0 Å². The molecule has 1 heteroatoms. The topological polar surface area (TPSA) is 12.0 Å². The van der Waals surface area contributed by atoms with Gasteiger partial charge in [-0.3, -0.25) is 0 Å². The number of hydrogen-bond donors (Lipinski definition) is 1. The summed E-state index contributed by atoms with van der Waals surface area (Å²) >= 11 is 0. The van der Waals surface area contributed by atoms with Crippen LogP contribution in [0.3, 0.4) is 0 Å². The summed E-state index contributed by atoms with van der Waals surface area (Å²) in [5.74, 6) is 0. The van der Waals surface area contributed by atoms with Gasteiger partial charge in [0.05, 0.1) is 5.69 Å². The normalized spacial score (nSPS) is 11.0. The maximum Gasteiger partial charge on any atom is 0.0544 e. The van der Waals surface area contributed by atoms with E-state index in [0.717, 1.165) is 11.4 Å². The van der Waals surface area contributed by atoms with Gasteiger partial charge in [-0.05, 0) is 34.0 Å². The Morgan fingerprint density at radius 3 is 1.41 bits per heavy atom. The zero-order valence-electron chi connectivity index (χ0n) is 14.9. The van der Waals surface area contributed by atoms with Crippen molar-refractivity contribution in [3.8, 4) is 11.1 Å². The molecule has 5 aromatic carbocycles. The number of hydrogen-bond acceptors (Lipinski definition) is 1. The Morgan fingerprint density at radius 1 is 0.407 bits per heavy atom. The molecular weight excluding hydrogens is 326 g/mol. The molecule has 0 saturated heterocycles. The van der Waals surface area contributed by atoms with Crippen LogP contribution in [0.15, 0.2) is 109 Å². The molecule has 0 unspecified atom stereocenters. The first kappa shape index (κ1) is 15.7. The Morgan fingerprint density at radius 2 is 0.852 bits per heavy atom. The molecule has 0 heterocycles. The van der Waals surface area contributed by atoms with Crippen LogP contribution in [-0.4, -0.2) is 0 Å². The summed E-state index contributed by atoms with van der Waals surface area (Å²) < 4.78 is 0. The maximum absolute atomic E-state index is 3.67. The van der Waals surface area contributed by atoms with E-state index in [9.17, 15) is 0 Å². The fourth-order valence-corrected chi connectivity index (χ4v) is 3.84. The van der Waals surface area contributed by atoms with Crippen LogP contribution in [0.5, 0.6) is 0 Å². The predicted octanol–water partition coefficient (Wildman–Crippen LogP) is 7.40. The van der Waals surface area contributed by atoms with Gasteiger partial charge in [-0.2, -0.15) is 0 Å². The molecule has 0 aliphatic heterocycles. The van der Waals surface area contributed by atoms with Crippen LogP contribution in [0.4, 0.5) is 11.4 Å². The molecule has 1 N–H and O–H groups in total. The molecule has 0 radical (unpaired) electrons. The van der Waals surface area contributed by atoms with Crippen molar-refractivity contribution in [2.45, 2.75) is 0 Å². The van der Waals surface area contributed by atoms with Gasteiger partial charge in [0.15, 0.2) is 0 Å². The van der Waals surface area contributed by atoms with E-state index in [-0.39, 0.29) is 0 Å². The van der Waals surface area contributed by atoms with Crippen molar-refractivity contribution in [3.05, 3.63) is 109 Å². The lowest BCUT2D eigenvalue weighted by Crippen LogP contribution is -1.95. The highest BCUT2D eigenvalue weighted by molar-refractivity contribution is 6.21. The van der Waals surface area contributed by atoms with Crippen molar-refractivity contribution in [2.24, 2.45) is 0 Å². The average molecular weight is 345 g/mol. The summed E-state index contributed by atoms with van der Waals surface area (Å²) in [4.78, 5) is 0. The average Bonchev–Trinajstić information content (AvgIpc) is 2.75. The highest BCUT2D eigenvalue weighted by atomic mass is 14.9. The van der Waals surface area contributed by atoms with E-state index in [1.165, 1.54) is 32.7 Å². The van der Waals surface area contributed by atoms with E-state index in [4.69, 9.17) is 0 Å². The summed E-state index contributed by atoms with van der Waals surface area (Å²) in [6, 6.07) is 38.4. The van der Waals surface area contributed by atoms with E-state index in [1.807, 2.05) is 6.07 Å². The first-order valence-electron chi connectivity index (χ1n) is 9.23. The highest BCUT2D eigenvalue weighted by Crippen LogP contribution is 2.42. The van der Waals surface area contributed by atoms with Crippen LogP contribution < -0.4 is 5.32 Å². The third-order valence-corrected chi connectivity index (χ3v) is 5.04. The standard InChI is InChI=1S/C26H19N/c1-3-11-19(12-4-1)25-21-15-7-9-17-23(21)26(24-18-10-8-16-22(24)25)27-20-13-5-2-6-14-20/h1-18,27H. The fourth-order valence-electron chi connectivity index (χ4n) is 3.84. The zero-order valence-corrected chi connectivity index (χ0v) is 14.9. The first-order chi connectivity index (χ1) is 13.4. The minimum Gasteiger partial charge on any atom is -0.355 e. The molecule has 0 fully saturated rings. The van der Waals surface area contributed by atoms with Crippen molar-refractivity contribution in [2.75, 3.05) is 5.32 Å². The van der Waals surface area contributed by atoms with Gasteiger partial charge < -0.3 is 5.32 Å². The number of rotatable bonds is 3. The Kier molecular flexibility index (Phi) is 3.84. The second-order valence-corrected chi connectivity index (χ2v) is 6.70. The minimum atomic E-state index is 1.10. The molecule has 1 nitrogen and oxygen atoms in total. The molecule has 0 aliphatic carbocycles. The van der Waals surface area contributed by atoms with Crippen molar-refractivity contribution in [3.63, 3.8) is 0 Å². The second kappa shape index (κ2) is 6.62. The number of anilines is 2. The SMILES string of the molecule is c1ccc(Nc2c3ccccc3c(-c3ccccc3)c3ccccc23)cc1. The van der Waals surface area contributed by atoms with Crippen molar-refractivity contribution < 1.29 is 0 Å². The number of nitrogens with one attached hydrogen (secondary N) is 1. The Balaban J connectivity index is 1.89. The van der Waals surface area contributed by atoms with Gasteiger partial charge in [0.1, 0.15) is 0 Å². The van der Waals surface area contributed by atoms with Crippen LogP contribution in [0.25, 0.3) is 32.7 Å². The van der Waals surface area contributed by atoms with Crippen LogP contribution in [0.1, 0.15) is 0 Å². The summed E-state index contributed by atoms with van der Waals surface area (Å²) in [5, 5.41) is 8.67. The smallest absolute Gasteiger partial charge is 0.0544 e. The van der Waals surface area contributed by atoms with Crippen LogP contribution >= 0.6 is 0 Å². The van der Waals surface area contributed by atoms with Crippen molar-refractivity contribution in [1.82, 2.24) is 0 Å². The monoisotopic (exact) mass is 345 g/mol. The van der Waals surface area contributed by atoms with E-state index < -0.39 is 0 Å². The molecule has 0 atom stereocenters. The molecule has 0 aromatic heterocycles. The molecule has 0 bridgehead atoms. The van der Waals surface area contributed by atoms with Gasteiger partial charge in [0.2, 0.25) is 0 Å². The molecule has 5 rings (SSSR count). The number of para-hydroxylation sites is 1. The minimum absolute atomic E-state index is 1.10. The predicted molar refractivity (Wildman–Crippen MR) is 117 cm³/mol.